The average molecular weight is 270 g/mol. The highest BCUT2D eigenvalue weighted by molar-refractivity contribution is 5.92. The van der Waals surface area contributed by atoms with Gasteiger partial charge in [-0.15, -0.1) is 0 Å². The molecule has 0 spiro atoms. The fraction of sp³-hybridized carbons (Fsp3) is 0.267. The Morgan fingerprint density at radius 2 is 2.10 bits per heavy atom. The number of amides is 1. The Balaban J connectivity index is 2.01. The van der Waals surface area contributed by atoms with Crippen LogP contribution in [0.4, 0.5) is 5.69 Å². The van der Waals surface area contributed by atoms with E-state index in [4.69, 9.17) is 0 Å². The molecule has 0 aliphatic rings. The van der Waals surface area contributed by atoms with Gasteiger partial charge in [0.15, 0.2) is 0 Å². The second-order valence-electron chi connectivity index (χ2n) is 4.41. The van der Waals surface area contributed by atoms with Crippen molar-refractivity contribution >= 4 is 11.6 Å². The quantitative estimate of drug-likeness (QED) is 0.875. The first-order chi connectivity index (χ1) is 9.70. The van der Waals surface area contributed by atoms with Gasteiger partial charge in [-0.25, -0.2) is 4.98 Å². The highest BCUT2D eigenvalue weighted by Gasteiger charge is 2.12. The maximum atomic E-state index is 12.1. The molecule has 2 aromatic heterocycles. The van der Waals surface area contributed by atoms with Gasteiger partial charge in [-0.2, -0.15) is 0 Å². The summed E-state index contributed by atoms with van der Waals surface area (Å²) in [6, 6.07) is 9.02. The SMILES string of the molecule is CCNc1ccc(C(=O)NC(C)c2ccccn2)nc1. The number of carbonyl (C=O) groups excluding carboxylic acids is 1. The minimum Gasteiger partial charge on any atom is -0.384 e. The fourth-order valence-electron chi connectivity index (χ4n) is 1.81. The van der Waals surface area contributed by atoms with Crippen molar-refractivity contribution < 1.29 is 4.79 Å². The summed E-state index contributed by atoms with van der Waals surface area (Å²) in [5.41, 5.74) is 2.13. The molecule has 20 heavy (non-hydrogen) atoms. The zero-order valence-corrected chi connectivity index (χ0v) is 11.6. The Labute approximate surface area is 118 Å². The van der Waals surface area contributed by atoms with Gasteiger partial charge >= 0.3 is 0 Å². The van der Waals surface area contributed by atoms with Gasteiger partial charge in [0, 0.05) is 12.7 Å². The maximum absolute atomic E-state index is 12.1. The Bertz CT molecular complexity index is 554. The van der Waals surface area contributed by atoms with Gasteiger partial charge in [0.1, 0.15) is 5.69 Å². The predicted octanol–water partition coefficient (Wildman–Crippen LogP) is 2.40. The van der Waals surface area contributed by atoms with Crippen molar-refractivity contribution in [2.24, 2.45) is 0 Å². The van der Waals surface area contributed by atoms with Crippen molar-refractivity contribution in [3.05, 3.63) is 54.1 Å². The van der Waals surface area contributed by atoms with Gasteiger partial charge in [-0.1, -0.05) is 6.07 Å². The molecule has 2 rings (SSSR count). The molecule has 0 radical (unpaired) electrons. The molecule has 0 bridgehead atoms. The van der Waals surface area contributed by atoms with E-state index >= 15 is 0 Å². The molecule has 5 heteroatoms. The van der Waals surface area contributed by atoms with Crippen molar-refractivity contribution in [3.8, 4) is 0 Å². The van der Waals surface area contributed by atoms with Crippen LogP contribution in [0.25, 0.3) is 0 Å². The molecule has 2 aromatic rings. The van der Waals surface area contributed by atoms with Gasteiger partial charge in [0.2, 0.25) is 0 Å². The average Bonchev–Trinajstić information content (AvgIpc) is 2.49. The van der Waals surface area contributed by atoms with Crippen LogP contribution in [-0.2, 0) is 0 Å². The molecule has 1 amide bonds. The fourth-order valence-corrected chi connectivity index (χ4v) is 1.81. The largest absolute Gasteiger partial charge is 0.384 e. The van der Waals surface area contributed by atoms with Gasteiger partial charge in [0.25, 0.3) is 5.91 Å². The molecule has 1 atom stereocenters. The van der Waals surface area contributed by atoms with Crippen LogP contribution < -0.4 is 10.6 Å². The van der Waals surface area contributed by atoms with Crippen LogP contribution in [0.3, 0.4) is 0 Å². The zero-order valence-electron chi connectivity index (χ0n) is 11.6. The van der Waals surface area contributed by atoms with Crippen LogP contribution >= 0.6 is 0 Å². The number of nitrogens with zero attached hydrogens (tertiary/aromatic N) is 2. The summed E-state index contributed by atoms with van der Waals surface area (Å²) in [6.07, 6.45) is 3.37. The van der Waals surface area contributed by atoms with Crippen molar-refractivity contribution in [1.82, 2.24) is 15.3 Å². The summed E-state index contributed by atoms with van der Waals surface area (Å²) < 4.78 is 0. The lowest BCUT2D eigenvalue weighted by atomic mass is 10.2. The second-order valence-corrected chi connectivity index (χ2v) is 4.41. The Hall–Kier alpha value is -2.43. The molecule has 5 nitrogen and oxygen atoms in total. The summed E-state index contributed by atoms with van der Waals surface area (Å²) in [5.74, 6) is -0.203. The van der Waals surface area contributed by atoms with Gasteiger partial charge < -0.3 is 10.6 Å². The first kappa shape index (κ1) is 14.0. The van der Waals surface area contributed by atoms with Gasteiger partial charge in [0.05, 0.1) is 23.6 Å². The number of aromatic nitrogens is 2. The number of pyridine rings is 2. The molecular formula is C15H18N4O. The van der Waals surface area contributed by atoms with E-state index < -0.39 is 0 Å². The van der Waals surface area contributed by atoms with Crippen LogP contribution in [-0.4, -0.2) is 22.4 Å². The van der Waals surface area contributed by atoms with E-state index in [1.165, 1.54) is 0 Å². The van der Waals surface area contributed by atoms with Crippen LogP contribution in [0.15, 0.2) is 42.7 Å². The van der Waals surface area contributed by atoms with E-state index in [0.717, 1.165) is 17.9 Å². The molecule has 104 valence electrons. The van der Waals surface area contributed by atoms with Crippen molar-refractivity contribution in [1.29, 1.82) is 0 Å². The third-order valence-corrected chi connectivity index (χ3v) is 2.86. The maximum Gasteiger partial charge on any atom is 0.270 e. The highest BCUT2D eigenvalue weighted by Crippen LogP contribution is 2.10. The van der Waals surface area contributed by atoms with Crippen molar-refractivity contribution in [2.45, 2.75) is 19.9 Å². The summed E-state index contributed by atoms with van der Waals surface area (Å²) in [6.45, 7) is 4.73. The summed E-state index contributed by atoms with van der Waals surface area (Å²) in [5, 5.41) is 6.02. The summed E-state index contributed by atoms with van der Waals surface area (Å²) in [7, 11) is 0. The molecule has 0 aromatic carbocycles. The predicted molar refractivity (Wildman–Crippen MR) is 78.5 cm³/mol. The molecule has 2 N–H and O–H groups in total. The van der Waals surface area contributed by atoms with Crippen LogP contribution in [0.2, 0.25) is 0 Å². The number of hydrogen-bond donors (Lipinski definition) is 2. The van der Waals surface area contributed by atoms with Crippen molar-refractivity contribution in [3.63, 3.8) is 0 Å². The lowest BCUT2D eigenvalue weighted by molar-refractivity contribution is 0.0934. The van der Waals surface area contributed by atoms with Crippen LogP contribution in [0.1, 0.15) is 36.1 Å². The topological polar surface area (TPSA) is 66.9 Å². The molecule has 2 heterocycles. The lowest BCUT2D eigenvalue weighted by Crippen LogP contribution is -2.27. The normalized spacial score (nSPS) is 11.7. The van der Waals surface area contributed by atoms with E-state index in [1.54, 1.807) is 18.5 Å². The van der Waals surface area contributed by atoms with E-state index in [9.17, 15) is 4.79 Å². The molecule has 0 aliphatic carbocycles. The summed E-state index contributed by atoms with van der Waals surface area (Å²) in [4.78, 5) is 20.4. The first-order valence-electron chi connectivity index (χ1n) is 6.62. The number of nitrogens with one attached hydrogen (secondary N) is 2. The molecule has 0 fully saturated rings. The van der Waals surface area contributed by atoms with E-state index in [0.29, 0.717) is 5.69 Å². The second kappa shape index (κ2) is 6.65. The molecule has 1 unspecified atom stereocenters. The third-order valence-electron chi connectivity index (χ3n) is 2.86. The Morgan fingerprint density at radius 3 is 2.70 bits per heavy atom. The Kier molecular flexibility index (Phi) is 4.65. The standard InChI is InChI=1S/C15H18N4O/c1-3-16-12-7-8-14(18-10-12)15(20)19-11(2)13-6-4-5-9-17-13/h4-11,16H,3H2,1-2H3,(H,19,20). The number of anilines is 1. The smallest absolute Gasteiger partial charge is 0.270 e. The van der Waals surface area contributed by atoms with E-state index in [-0.39, 0.29) is 11.9 Å². The minimum atomic E-state index is -0.203. The Morgan fingerprint density at radius 1 is 1.25 bits per heavy atom. The molecule has 0 saturated heterocycles. The van der Waals surface area contributed by atoms with Gasteiger partial charge in [-0.05, 0) is 38.1 Å². The number of hydrogen-bond acceptors (Lipinski definition) is 4. The van der Waals surface area contributed by atoms with E-state index in [2.05, 4.69) is 20.6 Å². The van der Waals surface area contributed by atoms with Crippen molar-refractivity contribution in [2.75, 3.05) is 11.9 Å². The van der Waals surface area contributed by atoms with E-state index in [1.807, 2.05) is 38.1 Å². The minimum absolute atomic E-state index is 0.154. The molecule has 0 saturated carbocycles. The molecule has 0 aliphatic heterocycles. The highest BCUT2D eigenvalue weighted by atomic mass is 16.1. The van der Waals surface area contributed by atoms with Gasteiger partial charge in [-0.3, -0.25) is 9.78 Å². The first-order valence-corrected chi connectivity index (χ1v) is 6.62. The monoisotopic (exact) mass is 270 g/mol. The molecular weight excluding hydrogens is 252 g/mol. The third kappa shape index (κ3) is 3.54. The van der Waals surface area contributed by atoms with Crippen LogP contribution in [0, 0.1) is 0 Å². The number of carbonyl (C=O) groups is 1. The number of rotatable bonds is 5. The summed E-state index contributed by atoms with van der Waals surface area (Å²) >= 11 is 0. The van der Waals surface area contributed by atoms with Crippen LogP contribution in [0.5, 0.6) is 0 Å². The lowest BCUT2D eigenvalue weighted by Gasteiger charge is -2.13. The zero-order chi connectivity index (χ0) is 14.4.